The molecular formula is C36H53N7O11. The lowest BCUT2D eigenvalue weighted by atomic mass is 9.99. The Labute approximate surface area is 314 Å². The van der Waals surface area contributed by atoms with E-state index in [4.69, 9.17) is 15.2 Å². The van der Waals surface area contributed by atoms with E-state index in [1.54, 1.807) is 24.3 Å². The number of hydrogen-bond acceptors (Lipinski definition) is 11. The third-order valence-electron chi connectivity index (χ3n) is 8.23. The lowest BCUT2D eigenvalue weighted by Gasteiger charge is -2.22. The van der Waals surface area contributed by atoms with E-state index < -0.39 is 60.7 Å². The molecule has 1 heterocycles. The van der Waals surface area contributed by atoms with Crippen LogP contribution in [0, 0.1) is 5.92 Å². The molecule has 1 aromatic rings. The lowest BCUT2D eigenvalue weighted by molar-refractivity contribution is -0.137. The third-order valence-corrected chi connectivity index (χ3v) is 8.23. The molecule has 3 atom stereocenters. The van der Waals surface area contributed by atoms with Crippen LogP contribution in [0.15, 0.2) is 42.5 Å². The van der Waals surface area contributed by atoms with Crippen LogP contribution < -0.4 is 32.3 Å². The Morgan fingerprint density at radius 2 is 1.39 bits per heavy atom. The Hall–Kier alpha value is -5.20. The first-order valence-corrected chi connectivity index (χ1v) is 18.0. The van der Waals surface area contributed by atoms with Crippen LogP contribution in [0.25, 0.3) is 0 Å². The maximum Gasteiger partial charge on any atom is 0.253 e. The predicted octanol–water partition coefficient (Wildman–Crippen LogP) is -2.04. The summed E-state index contributed by atoms with van der Waals surface area (Å²) in [6, 6.07) is 6.62. The average Bonchev–Trinajstić information content (AvgIpc) is 3.47. The zero-order valence-electron chi connectivity index (χ0n) is 30.6. The average molecular weight is 760 g/mol. The third kappa shape index (κ3) is 18.0. The highest BCUT2D eigenvalue weighted by Crippen LogP contribution is 2.10. The largest absolute Gasteiger partial charge is 0.394 e. The minimum absolute atomic E-state index is 0.0194. The number of carbonyl (C=O) groups is 8. The van der Waals surface area contributed by atoms with Crippen molar-refractivity contribution in [1.82, 2.24) is 31.5 Å². The van der Waals surface area contributed by atoms with Gasteiger partial charge in [-0.05, 0) is 31.2 Å². The van der Waals surface area contributed by atoms with Gasteiger partial charge in [-0.1, -0.05) is 37.3 Å². The number of aliphatic hydroxyl groups is 1. The number of nitrogens with two attached hydrogens (primary N) is 1. The van der Waals surface area contributed by atoms with Gasteiger partial charge in [0.25, 0.3) is 11.8 Å². The van der Waals surface area contributed by atoms with Crippen LogP contribution in [0.4, 0.5) is 0 Å². The van der Waals surface area contributed by atoms with Crippen LogP contribution in [0.1, 0.15) is 51.0 Å². The van der Waals surface area contributed by atoms with E-state index in [-0.39, 0.29) is 76.4 Å². The molecule has 1 aromatic carbocycles. The van der Waals surface area contributed by atoms with E-state index >= 15 is 0 Å². The standard InChI is InChI=1S/C36H53N7O11/c1-2-26(34(37)50)10-11-29(45)38-15-6-7-16-40-35(51)27(22-25-8-4-3-5-9-25)42-36(52)28(23-44)41-31(47)24-54-21-20-53-19-17-39-30(46)14-18-43-32(48)12-13-33(43)49/h3-5,8-9,12-13,26-28,44H,2,6-7,10-11,14-24H2,1H3,(H2,37,50)(H,38,45)(H,39,46)(H,40,51)(H,41,47)(H,42,52). The summed E-state index contributed by atoms with van der Waals surface area (Å²) in [6.45, 7) is 1.74. The molecule has 1 aliphatic heterocycles. The highest BCUT2D eigenvalue weighted by atomic mass is 16.5. The van der Waals surface area contributed by atoms with E-state index in [9.17, 15) is 43.5 Å². The number of rotatable bonds is 28. The van der Waals surface area contributed by atoms with Gasteiger partial charge in [0.05, 0.1) is 26.4 Å². The Morgan fingerprint density at radius 1 is 0.759 bits per heavy atom. The zero-order chi connectivity index (χ0) is 39.7. The summed E-state index contributed by atoms with van der Waals surface area (Å²) in [7, 11) is 0. The fraction of sp³-hybridized carbons (Fsp3) is 0.556. The molecule has 8 amide bonds. The van der Waals surface area contributed by atoms with Gasteiger partial charge in [0.1, 0.15) is 18.7 Å². The number of hydrogen-bond donors (Lipinski definition) is 7. The number of nitrogens with zero attached hydrogens (tertiary/aromatic N) is 1. The molecule has 0 bridgehead atoms. The number of carbonyl (C=O) groups excluding carboxylic acids is 8. The number of nitrogens with one attached hydrogen (secondary N) is 5. The van der Waals surface area contributed by atoms with E-state index in [0.29, 0.717) is 32.2 Å². The summed E-state index contributed by atoms with van der Waals surface area (Å²) in [6.07, 6.45) is 4.66. The smallest absolute Gasteiger partial charge is 0.253 e. The molecule has 54 heavy (non-hydrogen) atoms. The van der Waals surface area contributed by atoms with Gasteiger partial charge in [-0.25, -0.2) is 0 Å². The Balaban J connectivity index is 1.68. The summed E-state index contributed by atoms with van der Waals surface area (Å²) in [5, 5.41) is 23.0. The van der Waals surface area contributed by atoms with Crippen LogP contribution in [-0.4, -0.2) is 129 Å². The van der Waals surface area contributed by atoms with Crippen molar-refractivity contribution in [2.75, 3.05) is 59.2 Å². The summed E-state index contributed by atoms with van der Waals surface area (Å²) in [5.41, 5.74) is 6.09. The molecular weight excluding hydrogens is 706 g/mol. The molecule has 0 spiro atoms. The second kappa shape index (κ2) is 25.7. The normalized spacial score (nSPS) is 13.9. The van der Waals surface area contributed by atoms with E-state index in [1.807, 2.05) is 13.0 Å². The van der Waals surface area contributed by atoms with Crippen molar-refractivity contribution in [2.24, 2.45) is 11.7 Å². The molecule has 0 saturated heterocycles. The predicted molar refractivity (Wildman–Crippen MR) is 194 cm³/mol. The maximum absolute atomic E-state index is 13.1. The lowest BCUT2D eigenvalue weighted by Crippen LogP contribution is -2.56. The van der Waals surface area contributed by atoms with Crippen LogP contribution in [0.5, 0.6) is 0 Å². The van der Waals surface area contributed by atoms with Crippen molar-refractivity contribution in [3.8, 4) is 0 Å². The molecule has 298 valence electrons. The zero-order valence-corrected chi connectivity index (χ0v) is 30.6. The molecule has 0 fully saturated rings. The van der Waals surface area contributed by atoms with Crippen molar-refractivity contribution in [2.45, 2.75) is 64.0 Å². The first kappa shape index (κ1) is 45.0. The molecule has 0 saturated carbocycles. The van der Waals surface area contributed by atoms with Crippen molar-refractivity contribution in [1.29, 1.82) is 0 Å². The van der Waals surface area contributed by atoms with Crippen LogP contribution in [0.2, 0.25) is 0 Å². The van der Waals surface area contributed by atoms with Gasteiger partial charge in [0.2, 0.25) is 35.4 Å². The minimum atomic E-state index is -1.36. The molecule has 1 aliphatic rings. The number of imide groups is 1. The number of amides is 8. The van der Waals surface area contributed by atoms with Crippen molar-refractivity contribution < 1.29 is 52.9 Å². The summed E-state index contributed by atoms with van der Waals surface area (Å²) in [5.74, 6) is -4.14. The summed E-state index contributed by atoms with van der Waals surface area (Å²) < 4.78 is 10.6. The quantitative estimate of drug-likeness (QED) is 0.0362. The van der Waals surface area contributed by atoms with Gasteiger partial charge in [-0.3, -0.25) is 43.3 Å². The molecule has 0 aromatic heterocycles. The Morgan fingerprint density at radius 3 is 2.04 bits per heavy atom. The molecule has 18 nitrogen and oxygen atoms in total. The second-order valence-corrected chi connectivity index (χ2v) is 12.4. The van der Waals surface area contributed by atoms with E-state index in [0.717, 1.165) is 22.6 Å². The SMILES string of the molecule is CCC(CCC(=O)NCCCCNC(=O)C(Cc1ccccc1)NC(=O)C(CO)NC(=O)COCCOCCNC(=O)CCN1C(=O)C=CC1=O)C(N)=O. The number of ether oxygens (including phenoxy) is 2. The van der Waals surface area contributed by atoms with Crippen molar-refractivity contribution in [3.05, 3.63) is 48.0 Å². The minimum Gasteiger partial charge on any atom is -0.394 e. The van der Waals surface area contributed by atoms with Crippen LogP contribution in [-0.2, 0) is 54.3 Å². The van der Waals surface area contributed by atoms with Crippen molar-refractivity contribution in [3.63, 3.8) is 0 Å². The van der Waals surface area contributed by atoms with E-state index in [1.165, 1.54) is 0 Å². The Kier molecular flexibility index (Phi) is 21.4. The number of primary amides is 1. The van der Waals surface area contributed by atoms with Gasteiger partial charge in [-0.2, -0.15) is 0 Å². The summed E-state index contributed by atoms with van der Waals surface area (Å²) >= 11 is 0. The van der Waals surface area contributed by atoms with Gasteiger partial charge < -0.3 is 46.9 Å². The molecule has 8 N–H and O–H groups in total. The maximum atomic E-state index is 13.1. The van der Waals surface area contributed by atoms with Gasteiger partial charge in [-0.15, -0.1) is 0 Å². The van der Waals surface area contributed by atoms with Crippen molar-refractivity contribution >= 4 is 47.3 Å². The topological polar surface area (TPSA) is 265 Å². The molecule has 2 rings (SSSR count). The van der Waals surface area contributed by atoms with Gasteiger partial charge >= 0.3 is 0 Å². The van der Waals surface area contributed by atoms with Gasteiger partial charge in [0.15, 0.2) is 0 Å². The number of aliphatic hydroxyl groups excluding tert-OH is 1. The number of benzene rings is 1. The van der Waals surface area contributed by atoms with E-state index in [2.05, 4.69) is 26.6 Å². The highest BCUT2D eigenvalue weighted by molar-refractivity contribution is 6.13. The van der Waals surface area contributed by atoms with Crippen LogP contribution >= 0.6 is 0 Å². The first-order valence-electron chi connectivity index (χ1n) is 18.0. The summed E-state index contributed by atoms with van der Waals surface area (Å²) in [4.78, 5) is 97.9. The molecule has 3 unspecified atom stereocenters. The van der Waals surface area contributed by atoms with Gasteiger partial charge in [0, 0.05) is 63.5 Å². The fourth-order valence-corrected chi connectivity index (χ4v) is 5.12. The highest BCUT2D eigenvalue weighted by Gasteiger charge is 2.27. The molecule has 0 radical (unpaired) electrons. The first-order chi connectivity index (χ1) is 25.9. The molecule has 0 aliphatic carbocycles. The van der Waals surface area contributed by atoms with Crippen LogP contribution in [0.3, 0.4) is 0 Å². The fourth-order valence-electron chi connectivity index (χ4n) is 5.12. The monoisotopic (exact) mass is 759 g/mol. The molecule has 18 heteroatoms. The Bertz CT molecular complexity index is 1420. The number of unbranched alkanes of at least 4 members (excludes halogenated alkanes) is 1. The second-order valence-electron chi connectivity index (χ2n) is 12.4.